The van der Waals surface area contributed by atoms with Crippen molar-refractivity contribution in [2.45, 2.75) is 18.0 Å². The van der Waals surface area contributed by atoms with Gasteiger partial charge in [-0.3, -0.25) is 9.69 Å². The van der Waals surface area contributed by atoms with Crippen molar-refractivity contribution >= 4 is 50.5 Å². The quantitative estimate of drug-likeness (QED) is 0.769. The summed E-state index contributed by atoms with van der Waals surface area (Å²) in [7, 11) is -1.38. The molecule has 1 saturated heterocycles. The zero-order valence-corrected chi connectivity index (χ0v) is 15.5. The monoisotopic (exact) mass is 398 g/mol. The Morgan fingerprint density at radius 1 is 1.30 bits per heavy atom. The van der Waals surface area contributed by atoms with Gasteiger partial charge in [0.25, 0.3) is 0 Å². The van der Waals surface area contributed by atoms with Crippen molar-refractivity contribution in [3.05, 3.63) is 33.8 Å². The summed E-state index contributed by atoms with van der Waals surface area (Å²) in [4.78, 5) is 13.8. The molecule has 1 amide bonds. The second-order valence-corrected chi connectivity index (χ2v) is 9.22. The molecule has 1 fully saturated rings. The average molecular weight is 400 g/mol. The lowest BCUT2D eigenvalue weighted by Gasteiger charge is -2.19. The van der Waals surface area contributed by atoms with E-state index in [0.29, 0.717) is 16.6 Å². The fourth-order valence-corrected chi connectivity index (χ4v) is 5.31. The third-order valence-electron chi connectivity index (χ3n) is 3.48. The zero-order valence-electron chi connectivity index (χ0n) is 12.4. The van der Waals surface area contributed by atoms with Crippen LogP contribution in [0.2, 0.25) is 10.0 Å². The standard InChI is InChI=1S/C14H17Cl3N2O3S/c1-19(5-9-2-3-10(15)11(16)4-9)6-14(20)18-13-8-23(21,22)7-12(13)17/h2-4,12-13H,5-8H2,1H3,(H,18,20)/t12-,13+/m0/s1. The van der Waals surface area contributed by atoms with Crippen LogP contribution in [-0.4, -0.2) is 55.7 Å². The van der Waals surface area contributed by atoms with Crippen LogP contribution in [0.15, 0.2) is 18.2 Å². The van der Waals surface area contributed by atoms with Gasteiger partial charge in [0.15, 0.2) is 9.84 Å². The van der Waals surface area contributed by atoms with Crippen LogP contribution >= 0.6 is 34.8 Å². The van der Waals surface area contributed by atoms with E-state index in [2.05, 4.69) is 5.32 Å². The highest BCUT2D eigenvalue weighted by Gasteiger charge is 2.37. The van der Waals surface area contributed by atoms with Crippen molar-refractivity contribution in [2.75, 3.05) is 25.1 Å². The van der Waals surface area contributed by atoms with E-state index in [1.165, 1.54) is 0 Å². The molecule has 1 N–H and O–H groups in total. The SMILES string of the molecule is CN(CC(=O)N[C@@H]1CS(=O)(=O)C[C@@H]1Cl)Cc1ccc(Cl)c(Cl)c1. The molecule has 1 aromatic rings. The van der Waals surface area contributed by atoms with Gasteiger partial charge in [0.2, 0.25) is 5.91 Å². The van der Waals surface area contributed by atoms with Crippen molar-refractivity contribution in [1.82, 2.24) is 10.2 Å². The molecular formula is C14H17Cl3N2O3S. The van der Waals surface area contributed by atoms with Crippen LogP contribution in [0.25, 0.3) is 0 Å². The first-order chi connectivity index (χ1) is 10.7. The number of likely N-dealkylation sites (N-methyl/N-ethyl adjacent to an activating group) is 1. The highest BCUT2D eigenvalue weighted by molar-refractivity contribution is 7.91. The smallest absolute Gasteiger partial charge is 0.234 e. The van der Waals surface area contributed by atoms with E-state index in [-0.39, 0.29) is 24.0 Å². The van der Waals surface area contributed by atoms with Crippen molar-refractivity contribution in [1.29, 1.82) is 0 Å². The summed E-state index contributed by atoms with van der Waals surface area (Å²) in [5.41, 5.74) is 0.924. The number of halogens is 3. The van der Waals surface area contributed by atoms with Gasteiger partial charge in [0.1, 0.15) is 0 Å². The van der Waals surface area contributed by atoms with Crippen LogP contribution < -0.4 is 5.32 Å². The van der Waals surface area contributed by atoms with Crippen molar-refractivity contribution in [2.24, 2.45) is 0 Å². The molecule has 9 heteroatoms. The van der Waals surface area contributed by atoms with Gasteiger partial charge in [-0.05, 0) is 24.7 Å². The van der Waals surface area contributed by atoms with E-state index in [0.717, 1.165) is 5.56 Å². The minimum Gasteiger partial charge on any atom is -0.350 e. The predicted octanol–water partition coefficient (Wildman–Crippen LogP) is 1.95. The second-order valence-electron chi connectivity index (χ2n) is 5.69. The van der Waals surface area contributed by atoms with Crippen molar-refractivity contribution in [3.8, 4) is 0 Å². The lowest BCUT2D eigenvalue weighted by molar-refractivity contribution is -0.122. The number of nitrogens with zero attached hydrogens (tertiary/aromatic N) is 1. The molecule has 1 aliphatic heterocycles. The molecule has 1 aliphatic rings. The Balaban J connectivity index is 1.86. The molecule has 0 saturated carbocycles. The Labute approximate surface area is 150 Å². The maximum Gasteiger partial charge on any atom is 0.234 e. The minimum absolute atomic E-state index is 0.0986. The van der Waals surface area contributed by atoms with Gasteiger partial charge in [0.05, 0.1) is 39.5 Å². The van der Waals surface area contributed by atoms with Gasteiger partial charge in [0, 0.05) is 6.54 Å². The fourth-order valence-electron chi connectivity index (χ4n) is 2.44. The largest absolute Gasteiger partial charge is 0.350 e. The van der Waals surface area contributed by atoms with Crippen LogP contribution in [0.3, 0.4) is 0 Å². The number of hydrogen-bond acceptors (Lipinski definition) is 4. The molecule has 5 nitrogen and oxygen atoms in total. The van der Waals surface area contributed by atoms with Crippen LogP contribution in [0.5, 0.6) is 0 Å². The molecule has 0 aromatic heterocycles. The van der Waals surface area contributed by atoms with E-state index in [4.69, 9.17) is 34.8 Å². The lowest BCUT2D eigenvalue weighted by atomic mass is 10.2. The van der Waals surface area contributed by atoms with E-state index in [1.54, 1.807) is 24.1 Å². The third kappa shape index (κ3) is 5.50. The molecule has 0 bridgehead atoms. The summed E-state index contributed by atoms with van der Waals surface area (Å²) in [5, 5.41) is 3.04. The topological polar surface area (TPSA) is 66.5 Å². The van der Waals surface area contributed by atoms with Crippen LogP contribution in [0, 0.1) is 0 Å². The molecule has 1 aromatic carbocycles. The molecule has 0 spiro atoms. The number of sulfone groups is 1. The highest BCUT2D eigenvalue weighted by Crippen LogP contribution is 2.23. The molecule has 128 valence electrons. The van der Waals surface area contributed by atoms with Gasteiger partial charge in [-0.15, -0.1) is 11.6 Å². The van der Waals surface area contributed by atoms with E-state index < -0.39 is 21.3 Å². The predicted molar refractivity (Wildman–Crippen MR) is 93.0 cm³/mol. The summed E-state index contributed by atoms with van der Waals surface area (Å²) in [5.74, 6) is -0.470. The normalized spacial score (nSPS) is 23.2. The summed E-state index contributed by atoms with van der Waals surface area (Å²) in [6, 6.07) is 4.75. The molecule has 23 heavy (non-hydrogen) atoms. The Morgan fingerprint density at radius 2 is 2.00 bits per heavy atom. The summed E-state index contributed by atoms with van der Waals surface area (Å²) < 4.78 is 23.0. The molecule has 2 rings (SSSR count). The highest BCUT2D eigenvalue weighted by atomic mass is 35.5. The summed E-state index contributed by atoms with van der Waals surface area (Å²) in [6.07, 6.45) is 0. The molecule has 0 aliphatic carbocycles. The zero-order chi connectivity index (χ0) is 17.2. The lowest BCUT2D eigenvalue weighted by Crippen LogP contribution is -2.44. The van der Waals surface area contributed by atoms with Crippen LogP contribution in [0.1, 0.15) is 5.56 Å². The first-order valence-electron chi connectivity index (χ1n) is 6.92. The van der Waals surface area contributed by atoms with Crippen LogP contribution in [-0.2, 0) is 21.2 Å². The number of benzene rings is 1. The number of hydrogen-bond donors (Lipinski definition) is 1. The van der Waals surface area contributed by atoms with Gasteiger partial charge in [-0.2, -0.15) is 0 Å². The summed E-state index contributed by atoms with van der Waals surface area (Å²) in [6.45, 7) is 0.637. The maximum absolute atomic E-state index is 12.0. The molecule has 0 radical (unpaired) electrons. The molecule has 1 heterocycles. The summed E-state index contributed by atoms with van der Waals surface area (Å²) >= 11 is 17.8. The van der Waals surface area contributed by atoms with Gasteiger partial charge in [-0.1, -0.05) is 29.3 Å². The number of carbonyl (C=O) groups excluding carboxylic acids is 1. The minimum atomic E-state index is -3.16. The Hall–Kier alpha value is -0.530. The van der Waals surface area contributed by atoms with E-state index in [1.807, 2.05) is 6.07 Å². The van der Waals surface area contributed by atoms with E-state index >= 15 is 0 Å². The number of alkyl halides is 1. The fraction of sp³-hybridized carbons (Fsp3) is 0.500. The maximum atomic E-state index is 12.0. The Kier molecular flexibility index (Phi) is 6.19. The number of amides is 1. The number of rotatable bonds is 5. The number of nitrogens with one attached hydrogen (secondary N) is 1. The molecule has 2 atom stereocenters. The molecular weight excluding hydrogens is 383 g/mol. The third-order valence-corrected chi connectivity index (χ3v) is 6.59. The van der Waals surface area contributed by atoms with Crippen molar-refractivity contribution < 1.29 is 13.2 Å². The first-order valence-corrected chi connectivity index (χ1v) is 9.94. The van der Waals surface area contributed by atoms with Gasteiger partial charge < -0.3 is 5.32 Å². The van der Waals surface area contributed by atoms with E-state index in [9.17, 15) is 13.2 Å². The molecule has 0 unspecified atom stereocenters. The second kappa shape index (κ2) is 7.57. The Bertz CT molecular complexity index is 697. The van der Waals surface area contributed by atoms with Crippen molar-refractivity contribution in [3.63, 3.8) is 0 Å². The van der Waals surface area contributed by atoms with Gasteiger partial charge in [-0.25, -0.2) is 8.42 Å². The van der Waals surface area contributed by atoms with Gasteiger partial charge >= 0.3 is 0 Å². The Morgan fingerprint density at radius 3 is 2.57 bits per heavy atom. The number of carbonyl (C=O) groups is 1. The first kappa shape index (κ1) is 18.8. The average Bonchev–Trinajstić information content (AvgIpc) is 2.66. The van der Waals surface area contributed by atoms with Crippen LogP contribution in [0.4, 0.5) is 0 Å².